The molecule has 128 valence electrons. The number of anilines is 1. The van der Waals surface area contributed by atoms with Crippen LogP contribution in [0.4, 0.5) is 5.69 Å². The molecule has 0 atom stereocenters. The minimum absolute atomic E-state index is 0.0122. The molecule has 0 aromatic heterocycles. The molecule has 1 amide bonds. The van der Waals surface area contributed by atoms with Crippen molar-refractivity contribution in [2.45, 2.75) is 6.42 Å². The van der Waals surface area contributed by atoms with Gasteiger partial charge in [0.25, 0.3) is 0 Å². The summed E-state index contributed by atoms with van der Waals surface area (Å²) in [5, 5.41) is 2.26. The molecule has 3 aromatic rings. The Morgan fingerprint density at radius 3 is 2.40 bits per heavy atom. The predicted molar refractivity (Wildman–Crippen MR) is 101 cm³/mol. The van der Waals surface area contributed by atoms with Crippen LogP contribution in [-0.4, -0.2) is 27.2 Å². The van der Waals surface area contributed by atoms with Crippen molar-refractivity contribution in [1.29, 1.82) is 0 Å². The number of ether oxygens (including phenoxy) is 2. The number of methoxy groups -OCH3 is 2. The Morgan fingerprint density at radius 1 is 0.920 bits per heavy atom. The van der Waals surface area contributed by atoms with Gasteiger partial charge in [0.2, 0.25) is 5.91 Å². The van der Waals surface area contributed by atoms with Crippen LogP contribution >= 0.6 is 0 Å². The average molecular weight is 335 g/mol. The fourth-order valence-electron chi connectivity index (χ4n) is 2.83. The van der Waals surface area contributed by atoms with E-state index in [0.717, 1.165) is 22.0 Å². The molecule has 0 aliphatic heterocycles. The zero-order chi connectivity index (χ0) is 17.8. The number of carbonyl (C=O) groups is 1. The zero-order valence-electron chi connectivity index (χ0n) is 14.7. The molecule has 0 saturated carbocycles. The lowest BCUT2D eigenvalue weighted by Gasteiger charge is -2.19. The summed E-state index contributed by atoms with van der Waals surface area (Å²) < 4.78 is 10.6. The SMILES string of the molecule is COc1ccc(OC)c(CC(=O)N(C)c2ccc3ccccc3c2)c1. The smallest absolute Gasteiger partial charge is 0.231 e. The van der Waals surface area contributed by atoms with E-state index in [-0.39, 0.29) is 12.3 Å². The molecule has 0 aliphatic rings. The second-order valence-electron chi connectivity index (χ2n) is 5.84. The van der Waals surface area contributed by atoms with E-state index in [1.54, 1.807) is 26.2 Å². The highest BCUT2D eigenvalue weighted by atomic mass is 16.5. The van der Waals surface area contributed by atoms with Crippen molar-refractivity contribution in [2.24, 2.45) is 0 Å². The molecule has 4 heteroatoms. The minimum atomic E-state index is -0.0122. The van der Waals surface area contributed by atoms with E-state index in [4.69, 9.17) is 9.47 Å². The molecule has 0 heterocycles. The van der Waals surface area contributed by atoms with E-state index >= 15 is 0 Å². The molecule has 0 fully saturated rings. The normalized spacial score (nSPS) is 10.5. The Balaban J connectivity index is 1.84. The van der Waals surface area contributed by atoms with E-state index in [0.29, 0.717) is 11.5 Å². The van der Waals surface area contributed by atoms with Gasteiger partial charge in [0.1, 0.15) is 11.5 Å². The third-order valence-corrected chi connectivity index (χ3v) is 4.32. The van der Waals surface area contributed by atoms with Crippen LogP contribution < -0.4 is 14.4 Å². The standard InChI is InChI=1S/C21H21NO3/c1-22(18-9-8-15-6-4-5-7-16(15)12-18)21(23)14-17-13-19(24-2)10-11-20(17)25-3/h4-13H,14H2,1-3H3. The summed E-state index contributed by atoms with van der Waals surface area (Å²) in [7, 11) is 5.00. The van der Waals surface area contributed by atoms with Crippen LogP contribution in [0.5, 0.6) is 11.5 Å². The molecule has 25 heavy (non-hydrogen) atoms. The predicted octanol–water partition coefficient (Wildman–Crippen LogP) is 4.06. The first-order chi connectivity index (χ1) is 12.1. The topological polar surface area (TPSA) is 38.8 Å². The molecule has 0 unspecified atom stereocenters. The maximum absolute atomic E-state index is 12.7. The first kappa shape index (κ1) is 16.8. The third-order valence-electron chi connectivity index (χ3n) is 4.32. The fourth-order valence-corrected chi connectivity index (χ4v) is 2.83. The Hall–Kier alpha value is -3.01. The number of amides is 1. The first-order valence-corrected chi connectivity index (χ1v) is 8.08. The highest BCUT2D eigenvalue weighted by molar-refractivity contribution is 5.97. The van der Waals surface area contributed by atoms with Crippen molar-refractivity contribution in [3.63, 3.8) is 0 Å². The van der Waals surface area contributed by atoms with E-state index in [1.807, 2.05) is 54.6 Å². The number of likely N-dealkylation sites (N-methyl/N-ethyl adjacent to an activating group) is 1. The minimum Gasteiger partial charge on any atom is -0.497 e. The summed E-state index contributed by atoms with van der Waals surface area (Å²) in [4.78, 5) is 14.4. The molecule has 0 N–H and O–H groups in total. The van der Waals surface area contributed by atoms with Gasteiger partial charge in [0.05, 0.1) is 20.6 Å². The molecule has 0 saturated heterocycles. The van der Waals surface area contributed by atoms with Gasteiger partial charge in [-0.05, 0) is 41.1 Å². The van der Waals surface area contributed by atoms with Crippen LogP contribution in [-0.2, 0) is 11.2 Å². The van der Waals surface area contributed by atoms with Gasteiger partial charge >= 0.3 is 0 Å². The molecule has 3 rings (SSSR count). The van der Waals surface area contributed by atoms with Gasteiger partial charge in [-0.3, -0.25) is 4.79 Å². The monoisotopic (exact) mass is 335 g/mol. The molecular formula is C21H21NO3. The van der Waals surface area contributed by atoms with Crippen molar-refractivity contribution in [2.75, 3.05) is 26.2 Å². The lowest BCUT2D eigenvalue weighted by Crippen LogP contribution is -2.28. The summed E-state index contributed by atoms with van der Waals surface area (Å²) in [5.74, 6) is 1.37. The van der Waals surface area contributed by atoms with Crippen LogP contribution in [0, 0.1) is 0 Å². The van der Waals surface area contributed by atoms with E-state index in [1.165, 1.54) is 0 Å². The average Bonchev–Trinajstić information content (AvgIpc) is 2.66. The Labute approximate surface area is 147 Å². The maximum Gasteiger partial charge on any atom is 0.231 e. The summed E-state index contributed by atoms with van der Waals surface area (Å²) in [6.45, 7) is 0. The summed E-state index contributed by atoms with van der Waals surface area (Å²) in [6, 6.07) is 19.6. The van der Waals surface area contributed by atoms with Crippen LogP contribution in [0.2, 0.25) is 0 Å². The number of hydrogen-bond acceptors (Lipinski definition) is 3. The van der Waals surface area contributed by atoms with Crippen LogP contribution in [0.15, 0.2) is 60.7 Å². The highest BCUT2D eigenvalue weighted by Crippen LogP contribution is 2.26. The molecular weight excluding hydrogens is 314 g/mol. The Morgan fingerprint density at radius 2 is 1.68 bits per heavy atom. The van der Waals surface area contributed by atoms with Crippen molar-refractivity contribution < 1.29 is 14.3 Å². The molecule has 0 bridgehead atoms. The number of benzene rings is 3. The quantitative estimate of drug-likeness (QED) is 0.706. The Bertz CT molecular complexity index is 905. The Kier molecular flexibility index (Phi) is 4.89. The molecule has 4 nitrogen and oxygen atoms in total. The van der Waals surface area contributed by atoms with Crippen molar-refractivity contribution in [3.8, 4) is 11.5 Å². The van der Waals surface area contributed by atoms with Crippen LogP contribution in [0.1, 0.15) is 5.56 Å². The third kappa shape index (κ3) is 3.58. The molecule has 0 aliphatic carbocycles. The first-order valence-electron chi connectivity index (χ1n) is 8.08. The van der Waals surface area contributed by atoms with Crippen molar-refractivity contribution >= 4 is 22.4 Å². The lowest BCUT2D eigenvalue weighted by atomic mass is 10.1. The molecule has 3 aromatic carbocycles. The van der Waals surface area contributed by atoms with Crippen molar-refractivity contribution in [1.82, 2.24) is 0 Å². The summed E-state index contributed by atoms with van der Waals surface area (Å²) >= 11 is 0. The summed E-state index contributed by atoms with van der Waals surface area (Å²) in [6.07, 6.45) is 0.240. The number of rotatable bonds is 5. The highest BCUT2D eigenvalue weighted by Gasteiger charge is 2.15. The second kappa shape index (κ2) is 7.26. The fraction of sp³-hybridized carbons (Fsp3) is 0.190. The number of hydrogen-bond donors (Lipinski definition) is 0. The van der Waals surface area contributed by atoms with Gasteiger partial charge in [0, 0.05) is 18.3 Å². The van der Waals surface area contributed by atoms with Gasteiger partial charge in [-0.2, -0.15) is 0 Å². The van der Waals surface area contributed by atoms with E-state index in [2.05, 4.69) is 6.07 Å². The lowest BCUT2D eigenvalue weighted by molar-refractivity contribution is -0.117. The van der Waals surface area contributed by atoms with Crippen molar-refractivity contribution in [3.05, 3.63) is 66.2 Å². The van der Waals surface area contributed by atoms with Gasteiger partial charge in [0.15, 0.2) is 0 Å². The van der Waals surface area contributed by atoms with Gasteiger partial charge in [-0.1, -0.05) is 30.3 Å². The second-order valence-corrected chi connectivity index (χ2v) is 5.84. The van der Waals surface area contributed by atoms with Gasteiger partial charge in [-0.15, -0.1) is 0 Å². The number of nitrogens with zero attached hydrogens (tertiary/aromatic N) is 1. The van der Waals surface area contributed by atoms with Crippen LogP contribution in [0.25, 0.3) is 10.8 Å². The van der Waals surface area contributed by atoms with Gasteiger partial charge in [-0.25, -0.2) is 0 Å². The zero-order valence-corrected chi connectivity index (χ0v) is 14.7. The van der Waals surface area contributed by atoms with E-state index < -0.39 is 0 Å². The number of fused-ring (bicyclic) bond motifs is 1. The summed E-state index contributed by atoms with van der Waals surface area (Å²) in [5.41, 5.74) is 1.67. The molecule has 0 spiro atoms. The maximum atomic E-state index is 12.7. The van der Waals surface area contributed by atoms with Crippen LogP contribution in [0.3, 0.4) is 0 Å². The number of carbonyl (C=O) groups excluding carboxylic acids is 1. The largest absolute Gasteiger partial charge is 0.497 e. The molecule has 0 radical (unpaired) electrons. The van der Waals surface area contributed by atoms with E-state index in [9.17, 15) is 4.79 Å². The van der Waals surface area contributed by atoms with Gasteiger partial charge < -0.3 is 14.4 Å².